The Morgan fingerprint density at radius 2 is 1.92 bits per heavy atom. The molecular weight excluding hydrogens is 419 g/mol. The van der Waals surface area contributed by atoms with E-state index in [0.29, 0.717) is 16.2 Å². The Morgan fingerprint density at radius 3 is 2.50 bits per heavy atom. The van der Waals surface area contributed by atoms with Gasteiger partial charge < -0.3 is 10.2 Å². The second kappa shape index (κ2) is 7.73. The third-order valence-corrected chi connectivity index (χ3v) is 4.13. The molecule has 0 radical (unpaired) electrons. The molecular formula is C16H13BrF3N3O3. The maximum Gasteiger partial charge on any atom is 0.416 e. The van der Waals surface area contributed by atoms with E-state index in [-0.39, 0.29) is 12.2 Å². The van der Waals surface area contributed by atoms with Crippen LogP contribution in [0.15, 0.2) is 46.9 Å². The molecule has 138 valence electrons. The third kappa shape index (κ3) is 4.72. The van der Waals surface area contributed by atoms with Crippen molar-refractivity contribution in [3.8, 4) is 0 Å². The van der Waals surface area contributed by atoms with E-state index in [0.717, 1.165) is 12.1 Å². The summed E-state index contributed by atoms with van der Waals surface area (Å²) in [6.45, 7) is -0.284. The lowest BCUT2D eigenvalue weighted by atomic mass is 10.1. The van der Waals surface area contributed by atoms with Gasteiger partial charge in [-0.1, -0.05) is 12.1 Å². The van der Waals surface area contributed by atoms with Gasteiger partial charge in [-0.05, 0) is 40.2 Å². The van der Waals surface area contributed by atoms with E-state index in [1.165, 1.54) is 11.9 Å². The van der Waals surface area contributed by atoms with Gasteiger partial charge in [0.25, 0.3) is 5.69 Å². The van der Waals surface area contributed by atoms with Crippen molar-refractivity contribution in [2.24, 2.45) is 0 Å². The molecule has 6 nitrogen and oxygen atoms in total. The molecule has 0 aromatic heterocycles. The van der Waals surface area contributed by atoms with Gasteiger partial charge >= 0.3 is 6.18 Å². The summed E-state index contributed by atoms with van der Waals surface area (Å²) in [6, 6.07) is 9.03. The molecule has 0 bridgehead atoms. The van der Waals surface area contributed by atoms with Gasteiger partial charge in [0, 0.05) is 17.6 Å². The number of nitrogens with zero attached hydrogens (tertiary/aromatic N) is 2. The van der Waals surface area contributed by atoms with Gasteiger partial charge in [0.15, 0.2) is 0 Å². The van der Waals surface area contributed by atoms with Crippen LogP contribution in [-0.2, 0) is 11.0 Å². The van der Waals surface area contributed by atoms with Gasteiger partial charge in [-0.25, -0.2) is 0 Å². The lowest BCUT2D eigenvalue weighted by Gasteiger charge is -2.19. The Kier molecular flexibility index (Phi) is 5.86. The molecule has 0 aliphatic heterocycles. The Morgan fingerprint density at radius 1 is 1.27 bits per heavy atom. The smallest absolute Gasteiger partial charge is 0.360 e. The number of para-hydroxylation sites is 1. The summed E-state index contributed by atoms with van der Waals surface area (Å²) < 4.78 is 38.9. The number of alkyl halides is 3. The fourth-order valence-electron chi connectivity index (χ4n) is 2.22. The molecule has 0 aliphatic carbocycles. The number of hydrogen-bond acceptors (Lipinski definition) is 4. The van der Waals surface area contributed by atoms with Crippen LogP contribution < -0.4 is 10.2 Å². The van der Waals surface area contributed by atoms with Crippen molar-refractivity contribution in [3.63, 3.8) is 0 Å². The van der Waals surface area contributed by atoms with Crippen LogP contribution in [0.1, 0.15) is 5.56 Å². The second-order valence-electron chi connectivity index (χ2n) is 5.34. The number of carbonyl (C=O) groups is 1. The summed E-state index contributed by atoms with van der Waals surface area (Å²) in [7, 11) is 1.38. The highest BCUT2D eigenvalue weighted by molar-refractivity contribution is 9.10. The molecule has 2 aromatic carbocycles. The molecule has 0 fully saturated rings. The predicted octanol–water partition coefficient (Wildman–Crippen LogP) is 4.45. The maximum absolute atomic E-state index is 12.7. The number of halogens is 4. The molecule has 2 aromatic rings. The van der Waals surface area contributed by atoms with Crippen LogP contribution in [0.3, 0.4) is 0 Å². The lowest BCUT2D eigenvalue weighted by Crippen LogP contribution is -2.30. The fraction of sp³-hybridized carbons (Fsp3) is 0.188. The Balaban J connectivity index is 2.21. The summed E-state index contributed by atoms with van der Waals surface area (Å²) in [5, 5.41) is 13.7. The average molecular weight is 432 g/mol. The number of benzene rings is 2. The van der Waals surface area contributed by atoms with Gasteiger partial charge in [0.05, 0.1) is 22.7 Å². The average Bonchev–Trinajstić information content (AvgIpc) is 2.55. The van der Waals surface area contributed by atoms with Crippen molar-refractivity contribution in [1.29, 1.82) is 0 Å². The largest absolute Gasteiger partial charge is 0.416 e. The number of likely N-dealkylation sites (N-methyl/N-ethyl adjacent to an activating group) is 1. The summed E-state index contributed by atoms with van der Waals surface area (Å²) in [6.07, 6.45) is -4.70. The highest BCUT2D eigenvalue weighted by atomic mass is 79.9. The number of nitrogens with one attached hydrogen (secondary N) is 1. The highest BCUT2D eigenvalue weighted by Crippen LogP contribution is 2.36. The van der Waals surface area contributed by atoms with Crippen LogP contribution in [0, 0.1) is 10.1 Å². The van der Waals surface area contributed by atoms with Crippen molar-refractivity contribution >= 4 is 38.9 Å². The summed E-state index contributed by atoms with van der Waals surface area (Å²) >= 11 is 3.27. The Bertz CT molecular complexity index is 843. The molecule has 0 aliphatic rings. The van der Waals surface area contributed by atoms with Crippen LogP contribution >= 0.6 is 15.9 Å². The second-order valence-corrected chi connectivity index (χ2v) is 6.20. The Hall–Kier alpha value is -2.62. The molecule has 0 saturated heterocycles. The normalized spacial score (nSPS) is 11.1. The summed E-state index contributed by atoms with van der Waals surface area (Å²) in [5.74, 6) is -0.478. The quantitative estimate of drug-likeness (QED) is 0.560. The Labute approximate surface area is 154 Å². The fourth-order valence-corrected chi connectivity index (χ4v) is 2.61. The molecule has 10 heteroatoms. The monoisotopic (exact) mass is 431 g/mol. The van der Waals surface area contributed by atoms with Crippen molar-refractivity contribution in [1.82, 2.24) is 0 Å². The van der Waals surface area contributed by atoms with E-state index in [4.69, 9.17) is 0 Å². The first-order valence-corrected chi connectivity index (χ1v) is 8.00. The molecule has 2 rings (SSSR count). The zero-order valence-corrected chi connectivity index (χ0v) is 15.0. The first-order chi connectivity index (χ1) is 12.1. The molecule has 1 amide bonds. The SMILES string of the molecule is CN(CC(=O)Nc1ccccc1Br)c1ccc(C(F)(F)F)cc1[N+](=O)[O-]. The first-order valence-electron chi connectivity index (χ1n) is 7.20. The number of hydrogen-bond donors (Lipinski definition) is 1. The molecule has 0 unspecified atom stereocenters. The van der Waals surface area contributed by atoms with Crippen molar-refractivity contribution in [2.75, 3.05) is 23.8 Å². The standard InChI is InChI=1S/C16H13BrF3N3O3/c1-22(9-15(24)21-12-5-3-2-4-11(12)17)13-7-6-10(16(18,19)20)8-14(13)23(25)26/h2-8H,9H2,1H3,(H,21,24). The number of nitro groups is 1. The van der Waals surface area contributed by atoms with Crippen LogP contribution in [0.2, 0.25) is 0 Å². The van der Waals surface area contributed by atoms with E-state index in [1.54, 1.807) is 24.3 Å². The summed E-state index contributed by atoms with van der Waals surface area (Å²) in [4.78, 5) is 23.6. The predicted molar refractivity (Wildman–Crippen MR) is 94.1 cm³/mol. The lowest BCUT2D eigenvalue weighted by molar-refractivity contribution is -0.384. The minimum atomic E-state index is -4.70. The number of amides is 1. The molecule has 1 N–H and O–H groups in total. The van der Waals surface area contributed by atoms with E-state index < -0.39 is 28.3 Å². The number of nitro benzene ring substituents is 1. The van der Waals surface area contributed by atoms with Gasteiger partial charge in [-0.3, -0.25) is 14.9 Å². The molecule has 0 spiro atoms. The van der Waals surface area contributed by atoms with E-state index in [9.17, 15) is 28.1 Å². The number of carbonyl (C=O) groups excluding carboxylic acids is 1. The minimum Gasteiger partial charge on any atom is -0.360 e. The number of rotatable bonds is 5. The minimum absolute atomic E-state index is 0.0923. The molecule has 0 saturated carbocycles. The zero-order valence-electron chi connectivity index (χ0n) is 13.4. The first kappa shape index (κ1) is 19.7. The zero-order chi connectivity index (χ0) is 19.5. The maximum atomic E-state index is 12.7. The van der Waals surface area contributed by atoms with Crippen LogP contribution in [-0.4, -0.2) is 24.4 Å². The topological polar surface area (TPSA) is 75.5 Å². The highest BCUT2D eigenvalue weighted by Gasteiger charge is 2.33. The third-order valence-electron chi connectivity index (χ3n) is 3.44. The van der Waals surface area contributed by atoms with E-state index in [2.05, 4.69) is 21.2 Å². The van der Waals surface area contributed by atoms with E-state index >= 15 is 0 Å². The van der Waals surface area contributed by atoms with Crippen LogP contribution in [0.25, 0.3) is 0 Å². The van der Waals surface area contributed by atoms with Crippen molar-refractivity contribution < 1.29 is 22.9 Å². The van der Waals surface area contributed by atoms with Crippen molar-refractivity contribution in [2.45, 2.75) is 6.18 Å². The van der Waals surface area contributed by atoms with Crippen LogP contribution in [0.5, 0.6) is 0 Å². The summed E-state index contributed by atoms with van der Waals surface area (Å²) in [5.41, 5.74) is -1.44. The molecule has 0 heterocycles. The molecule has 0 atom stereocenters. The molecule has 26 heavy (non-hydrogen) atoms. The van der Waals surface area contributed by atoms with Gasteiger partial charge in [-0.15, -0.1) is 0 Å². The van der Waals surface area contributed by atoms with Gasteiger partial charge in [0.2, 0.25) is 5.91 Å². The van der Waals surface area contributed by atoms with Gasteiger partial charge in [0.1, 0.15) is 5.69 Å². The van der Waals surface area contributed by atoms with Gasteiger partial charge in [-0.2, -0.15) is 13.2 Å². The van der Waals surface area contributed by atoms with E-state index in [1.807, 2.05) is 0 Å². The number of anilines is 2. The van der Waals surface area contributed by atoms with Crippen LogP contribution in [0.4, 0.5) is 30.2 Å². The van der Waals surface area contributed by atoms with Crippen molar-refractivity contribution in [3.05, 3.63) is 62.6 Å².